The summed E-state index contributed by atoms with van der Waals surface area (Å²) in [6.07, 6.45) is -4.10. The largest absolute Gasteiger partial charge is 0.434 e. The Hall–Kier alpha value is -2.75. The molecule has 0 aliphatic rings. The van der Waals surface area contributed by atoms with Crippen LogP contribution >= 0.6 is 23.2 Å². The predicted octanol–water partition coefficient (Wildman–Crippen LogP) is 4.89. The molecule has 0 aliphatic carbocycles. The molecule has 0 fully saturated rings. The zero-order valence-electron chi connectivity index (χ0n) is 13.8. The number of halogens is 5. The first-order chi connectivity index (χ1) is 13.3. The van der Waals surface area contributed by atoms with Gasteiger partial charge in [-0.2, -0.15) is 18.3 Å². The Morgan fingerprint density at radius 3 is 2.39 bits per heavy atom. The second-order valence-electron chi connectivity index (χ2n) is 5.42. The average molecular weight is 431 g/mol. The number of nitrogens with zero attached hydrogens (tertiary/aromatic N) is 2. The van der Waals surface area contributed by atoms with Gasteiger partial charge < -0.3 is 4.84 Å². The van der Waals surface area contributed by atoms with E-state index in [2.05, 4.69) is 21.0 Å². The van der Waals surface area contributed by atoms with Crippen molar-refractivity contribution in [2.75, 3.05) is 5.43 Å². The van der Waals surface area contributed by atoms with Gasteiger partial charge in [0.15, 0.2) is 5.69 Å². The molecule has 11 heteroatoms. The Kier molecular flexibility index (Phi) is 5.78. The molecule has 3 aromatic rings. The van der Waals surface area contributed by atoms with Crippen LogP contribution in [0.15, 0.2) is 54.7 Å². The van der Waals surface area contributed by atoms with Crippen molar-refractivity contribution in [3.8, 4) is 5.69 Å². The third-order valence-corrected chi connectivity index (χ3v) is 3.94. The lowest BCUT2D eigenvalue weighted by Crippen LogP contribution is -2.27. The number of hydrogen-bond donors (Lipinski definition) is 2. The highest BCUT2D eigenvalue weighted by atomic mass is 35.5. The number of nitrogens with one attached hydrogen (secondary N) is 2. The second kappa shape index (κ2) is 8.09. The Labute approximate surface area is 166 Å². The molecule has 28 heavy (non-hydrogen) atoms. The third-order valence-electron chi connectivity index (χ3n) is 3.47. The first kappa shape index (κ1) is 20.0. The molecular formula is C17H11Cl2F3N4O2. The Morgan fingerprint density at radius 2 is 1.75 bits per heavy atom. The molecule has 1 aromatic heterocycles. The number of anilines is 1. The van der Waals surface area contributed by atoms with Gasteiger partial charge in [0.25, 0.3) is 0 Å². The van der Waals surface area contributed by atoms with E-state index in [0.717, 1.165) is 6.20 Å². The van der Waals surface area contributed by atoms with Crippen LogP contribution in [-0.2, 0) is 11.0 Å². The van der Waals surface area contributed by atoms with Gasteiger partial charge in [0.05, 0.1) is 17.6 Å². The van der Waals surface area contributed by atoms with Crippen LogP contribution in [0.2, 0.25) is 10.0 Å². The highest BCUT2D eigenvalue weighted by Crippen LogP contribution is 2.34. The Bertz CT molecular complexity index is 1010. The quantitative estimate of drug-likeness (QED) is 0.564. The Morgan fingerprint density at radius 1 is 1.07 bits per heavy atom. The maximum absolute atomic E-state index is 13.6. The monoisotopic (exact) mass is 430 g/mol. The molecule has 0 radical (unpaired) electrons. The topological polar surface area (TPSA) is 68.2 Å². The van der Waals surface area contributed by atoms with E-state index in [0.29, 0.717) is 15.4 Å². The van der Waals surface area contributed by atoms with E-state index in [-0.39, 0.29) is 10.7 Å². The molecule has 0 amide bonds. The van der Waals surface area contributed by atoms with Crippen LogP contribution in [0, 0.1) is 0 Å². The molecule has 0 spiro atoms. The number of aromatic nitrogens is 2. The number of rotatable bonds is 5. The van der Waals surface area contributed by atoms with Crippen molar-refractivity contribution in [2.45, 2.75) is 6.18 Å². The van der Waals surface area contributed by atoms with Crippen LogP contribution in [0.25, 0.3) is 5.69 Å². The first-order valence-electron chi connectivity index (χ1n) is 7.64. The summed E-state index contributed by atoms with van der Waals surface area (Å²) in [7, 11) is 0. The van der Waals surface area contributed by atoms with Crippen LogP contribution in [0.5, 0.6) is 0 Å². The molecule has 0 unspecified atom stereocenters. The van der Waals surface area contributed by atoms with E-state index >= 15 is 0 Å². The fourth-order valence-corrected chi connectivity index (χ4v) is 2.70. The van der Waals surface area contributed by atoms with Crippen molar-refractivity contribution in [3.05, 3.63) is 76.0 Å². The molecule has 0 bridgehead atoms. The van der Waals surface area contributed by atoms with Crippen molar-refractivity contribution in [3.63, 3.8) is 0 Å². The summed E-state index contributed by atoms with van der Waals surface area (Å²) in [6.45, 7) is 0. The number of alkyl halides is 3. The van der Waals surface area contributed by atoms with Crippen molar-refractivity contribution in [1.82, 2.24) is 15.4 Å². The third kappa shape index (κ3) is 4.56. The molecule has 146 valence electrons. The lowest BCUT2D eigenvalue weighted by Gasteiger charge is -2.13. The van der Waals surface area contributed by atoms with Gasteiger partial charge in [-0.25, -0.2) is 9.48 Å². The van der Waals surface area contributed by atoms with E-state index in [1.807, 2.05) is 0 Å². The van der Waals surface area contributed by atoms with Gasteiger partial charge in [-0.05, 0) is 36.4 Å². The number of hydrogen-bond acceptors (Lipinski definition) is 5. The van der Waals surface area contributed by atoms with Crippen LogP contribution in [0.3, 0.4) is 0 Å². The van der Waals surface area contributed by atoms with Gasteiger partial charge in [-0.15, -0.1) is 0 Å². The normalized spacial score (nSPS) is 11.3. The fraction of sp³-hybridized carbons (Fsp3) is 0.0588. The zero-order valence-corrected chi connectivity index (χ0v) is 15.3. The van der Waals surface area contributed by atoms with Gasteiger partial charge in [0, 0.05) is 10.0 Å². The van der Waals surface area contributed by atoms with Crippen molar-refractivity contribution < 1.29 is 22.8 Å². The number of carbonyl (C=O) groups excluding carboxylic acids is 1. The summed E-state index contributed by atoms with van der Waals surface area (Å²) < 4.78 is 41.3. The van der Waals surface area contributed by atoms with Crippen LogP contribution < -0.4 is 11.0 Å². The molecule has 2 N–H and O–H groups in total. The maximum atomic E-state index is 13.6. The highest BCUT2D eigenvalue weighted by molar-refractivity contribution is 6.31. The van der Waals surface area contributed by atoms with E-state index in [4.69, 9.17) is 23.2 Å². The van der Waals surface area contributed by atoms with Crippen molar-refractivity contribution in [1.29, 1.82) is 0 Å². The number of hydrazine groups is 1. The summed E-state index contributed by atoms with van der Waals surface area (Å²) >= 11 is 11.6. The molecule has 0 atom stereocenters. The number of carbonyl (C=O) groups is 1. The molecule has 6 nitrogen and oxygen atoms in total. The minimum absolute atomic E-state index is 0.0453. The van der Waals surface area contributed by atoms with Crippen molar-refractivity contribution in [2.24, 2.45) is 0 Å². The van der Waals surface area contributed by atoms with E-state index in [9.17, 15) is 18.0 Å². The van der Waals surface area contributed by atoms with Gasteiger partial charge in [-0.1, -0.05) is 40.9 Å². The summed E-state index contributed by atoms with van der Waals surface area (Å²) in [4.78, 5) is 16.8. The molecule has 0 saturated heterocycles. The molecular weight excluding hydrogens is 420 g/mol. The van der Waals surface area contributed by atoms with E-state index in [1.54, 1.807) is 18.2 Å². The van der Waals surface area contributed by atoms with Crippen LogP contribution in [-0.4, -0.2) is 15.7 Å². The second-order valence-corrected chi connectivity index (χ2v) is 6.30. The zero-order chi connectivity index (χ0) is 20.3. The van der Waals surface area contributed by atoms with Gasteiger partial charge in [0.1, 0.15) is 5.56 Å². The van der Waals surface area contributed by atoms with Crippen LogP contribution in [0.4, 0.5) is 18.9 Å². The smallest absolute Gasteiger partial charge is 0.346 e. The lowest BCUT2D eigenvalue weighted by molar-refractivity contribution is -0.143. The summed E-state index contributed by atoms with van der Waals surface area (Å²) in [5.41, 5.74) is 2.99. The van der Waals surface area contributed by atoms with Gasteiger partial charge in [0.2, 0.25) is 0 Å². The van der Waals surface area contributed by atoms with Gasteiger partial charge >= 0.3 is 12.1 Å². The van der Waals surface area contributed by atoms with E-state index in [1.165, 1.54) is 30.3 Å². The van der Waals surface area contributed by atoms with E-state index < -0.39 is 23.4 Å². The fourth-order valence-electron chi connectivity index (χ4n) is 2.33. The standard InChI is InChI=1S/C17H11Cl2F3N4O2/c18-10-3-1-5-12(7-10)24-25-28-16(27)14-9-23-26(15(14)17(20,21)22)13-6-2-4-11(19)8-13/h1-9,24-25H. The molecule has 0 saturated carbocycles. The molecule has 1 heterocycles. The summed E-state index contributed by atoms with van der Waals surface area (Å²) in [5, 5.41) is 4.30. The average Bonchev–Trinajstić information content (AvgIpc) is 3.07. The molecule has 3 rings (SSSR count). The molecule has 2 aromatic carbocycles. The van der Waals surface area contributed by atoms with Crippen LogP contribution in [0.1, 0.15) is 16.1 Å². The minimum atomic E-state index is -4.87. The Balaban J connectivity index is 1.82. The predicted molar refractivity (Wildman–Crippen MR) is 97.2 cm³/mol. The number of benzene rings is 2. The highest BCUT2D eigenvalue weighted by Gasteiger charge is 2.41. The summed E-state index contributed by atoms with van der Waals surface area (Å²) in [6, 6.07) is 12.0. The minimum Gasteiger partial charge on any atom is -0.346 e. The molecule has 0 aliphatic heterocycles. The first-order valence-corrected chi connectivity index (χ1v) is 8.40. The lowest BCUT2D eigenvalue weighted by atomic mass is 10.2. The summed E-state index contributed by atoms with van der Waals surface area (Å²) in [5.74, 6) is -1.28. The SMILES string of the molecule is O=C(ONNc1cccc(Cl)c1)c1cnn(-c2cccc(Cl)c2)c1C(F)(F)F. The van der Waals surface area contributed by atoms with Crippen molar-refractivity contribution >= 4 is 34.9 Å². The maximum Gasteiger partial charge on any atom is 0.434 e. The van der Waals surface area contributed by atoms with Gasteiger partial charge in [-0.3, -0.25) is 5.43 Å².